The Morgan fingerprint density at radius 3 is 2.53 bits per heavy atom. The maximum atomic E-state index is 13.2. The van der Waals surface area contributed by atoms with Crippen molar-refractivity contribution in [3.05, 3.63) is 70.2 Å². The number of nitrogens with one attached hydrogen (secondary N) is 2. The number of anilines is 1. The number of carbonyl (C=O) groups excluding carboxylic acids is 2. The fourth-order valence-corrected chi connectivity index (χ4v) is 5.33. The summed E-state index contributed by atoms with van der Waals surface area (Å²) in [5.74, 6) is -0.459. The van der Waals surface area contributed by atoms with Gasteiger partial charge in [0.05, 0.1) is 10.6 Å². The standard InChI is InChI=1S/C25H23F3N4O2S2/c1-15(33)29-24(35)32-11-9-16(10-12-32)23-31-21(14-36-23)22(34)30-20-8-3-2-7-19(20)17-5-4-6-18(13-17)25(26,27)28/h2-8,13-14,16H,9-12H2,1H3,(H,30,34)(H,29,33,35). The number of rotatable bonds is 4. The van der Waals surface area contributed by atoms with Gasteiger partial charge in [-0.2, -0.15) is 13.2 Å². The van der Waals surface area contributed by atoms with Crippen LogP contribution in [0.15, 0.2) is 53.9 Å². The molecule has 0 unspecified atom stereocenters. The third-order valence-corrected chi connectivity index (χ3v) is 7.21. The largest absolute Gasteiger partial charge is 0.416 e. The Labute approximate surface area is 215 Å². The Kier molecular flexibility index (Phi) is 7.70. The van der Waals surface area contributed by atoms with Crippen LogP contribution in [0.5, 0.6) is 0 Å². The van der Waals surface area contributed by atoms with Gasteiger partial charge in [0.15, 0.2) is 5.11 Å². The topological polar surface area (TPSA) is 74.3 Å². The van der Waals surface area contributed by atoms with Gasteiger partial charge in [0.25, 0.3) is 5.91 Å². The van der Waals surface area contributed by atoms with Gasteiger partial charge >= 0.3 is 6.18 Å². The lowest BCUT2D eigenvalue weighted by Gasteiger charge is -2.32. The molecule has 0 atom stereocenters. The van der Waals surface area contributed by atoms with Crippen molar-refractivity contribution < 1.29 is 22.8 Å². The smallest absolute Gasteiger partial charge is 0.349 e. The molecule has 0 saturated carbocycles. The quantitative estimate of drug-likeness (QED) is 0.423. The molecule has 6 nitrogen and oxygen atoms in total. The zero-order valence-corrected chi connectivity index (χ0v) is 20.9. The molecule has 1 saturated heterocycles. The summed E-state index contributed by atoms with van der Waals surface area (Å²) in [6.45, 7) is 2.77. The summed E-state index contributed by atoms with van der Waals surface area (Å²) in [5.41, 5.74) is 0.730. The number of carbonyl (C=O) groups is 2. The summed E-state index contributed by atoms with van der Waals surface area (Å²) in [6.07, 6.45) is -2.89. The minimum Gasteiger partial charge on any atom is -0.349 e. The van der Waals surface area contributed by atoms with Crippen LogP contribution in [0.3, 0.4) is 0 Å². The lowest BCUT2D eigenvalue weighted by molar-refractivity contribution is -0.137. The molecule has 1 aliphatic rings. The fraction of sp³-hybridized carbons (Fsp3) is 0.280. The summed E-state index contributed by atoms with van der Waals surface area (Å²) in [7, 11) is 0. The molecule has 1 aliphatic heterocycles. The summed E-state index contributed by atoms with van der Waals surface area (Å²) < 4.78 is 39.5. The van der Waals surface area contributed by atoms with E-state index in [-0.39, 0.29) is 17.5 Å². The first kappa shape index (κ1) is 25.8. The SMILES string of the molecule is CC(=O)NC(=S)N1CCC(c2nc(C(=O)Nc3ccccc3-c3cccc(C(F)(F)F)c3)cs2)CC1. The zero-order valence-electron chi connectivity index (χ0n) is 19.3. The number of piperidine rings is 1. The Morgan fingerprint density at radius 2 is 1.83 bits per heavy atom. The summed E-state index contributed by atoms with van der Waals surface area (Å²) in [5, 5.41) is 8.38. The van der Waals surface area contributed by atoms with E-state index in [1.54, 1.807) is 35.7 Å². The number of likely N-dealkylation sites (tertiary alicyclic amines) is 1. The maximum Gasteiger partial charge on any atom is 0.416 e. The van der Waals surface area contributed by atoms with Crippen molar-refractivity contribution in [2.24, 2.45) is 0 Å². The number of para-hydroxylation sites is 1. The number of benzene rings is 2. The van der Waals surface area contributed by atoms with Crippen LogP contribution in [0.4, 0.5) is 18.9 Å². The molecule has 2 aromatic carbocycles. The average Bonchev–Trinajstić information content (AvgIpc) is 3.34. The summed E-state index contributed by atoms with van der Waals surface area (Å²) in [6, 6.07) is 11.7. The van der Waals surface area contributed by atoms with Crippen molar-refractivity contribution >= 4 is 46.2 Å². The monoisotopic (exact) mass is 532 g/mol. The Bertz CT molecular complexity index is 1280. The van der Waals surface area contributed by atoms with Crippen LogP contribution in [-0.2, 0) is 11.0 Å². The molecule has 3 aromatic rings. The molecule has 2 heterocycles. The van der Waals surface area contributed by atoms with Crippen molar-refractivity contribution in [3.8, 4) is 11.1 Å². The predicted octanol–water partition coefficient (Wildman–Crippen LogP) is 5.68. The summed E-state index contributed by atoms with van der Waals surface area (Å²) >= 11 is 6.65. The van der Waals surface area contributed by atoms with E-state index in [1.165, 1.54) is 24.3 Å². The highest BCUT2D eigenvalue weighted by atomic mass is 32.1. The third-order valence-electron chi connectivity index (χ3n) is 5.85. The van der Waals surface area contributed by atoms with E-state index in [4.69, 9.17) is 12.2 Å². The van der Waals surface area contributed by atoms with Gasteiger partial charge in [-0.15, -0.1) is 11.3 Å². The first-order chi connectivity index (χ1) is 17.1. The minimum atomic E-state index is -4.46. The number of thiocarbonyl (C=S) groups is 1. The molecule has 36 heavy (non-hydrogen) atoms. The zero-order chi connectivity index (χ0) is 25.9. The lowest BCUT2D eigenvalue weighted by atomic mass is 9.98. The van der Waals surface area contributed by atoms with Crippen LogP contribution in [0.25, 0.3) is 11.1 Å². The van der Waals surface area contributed by atoms with Crippen molar-refractivity contribution in [1.82, 2.24) is 15.2 Å². The van der Waals surface area contributed by atoms with Gasteiger partial charge in [-0.3, -0.25) is 9.59 Å². The maximum absolute atomic E-state index is 13.2. The molecule has 0 spiro atoms. The Hall–Kier alpha value is -3.31. The second kappa shape index (κ2) is 10.8. The molecule has 0 radical (unpaired) electrons. The highest BCUT2D eigenvalue weighted by Gasteiger charge is 2.30. The van der Waals surface area contributed by atoms with E-state index in [2.05, 4.69) is 15.6 Å². The number of halogens is 3. The van der Waals surface area contributed by atoms with Crippen molar-refractivity contribution in [2.75, 3.05) is 18.4 Å². The van der Waals surface area contributed by atoms with Crippen LogP contribution >= 0.6 is 23.6 Å². The molecule has 0 bridgehead atoms. The molecule has 4 rings (SSSR count). The van der Waals surface area contributed by atoms with E-state index in [0.717, 1.165) is 30.0 Å². The molecular formula is C25H23F3N4O2S2. The molecule has 11 heteroatoms. The van der Waals surface area contributed by atoms with Crippen molar-refractivity contribution in [1.29, 1.82) is 0 Å². The number of aromatic nitrogens is 1. The van der Waals surface area contributed by atoms with Gasteiger partial charge < -0.3 is 15.5 Å². The van der Waals surface area contributed by atoms with Crippen molar-refractivity contribution in [2.45, 2.75) is 31.9 Å². The second-order valence-corrected chi connectivity index (χ2v) is 9.67. The van der Waals surface area contributed by atoms with Crippen LogP contribution in [0.2, 0.25) is 0 Å². The van der Waals surface area contributed by atoms with E-state index < -0.39 is 17.6 Å². The third kappa shape index (κ3) is 6.08. The first-order valence-corrected chi connectivity index (χ1v) is 12.5. The van der Waals surface area contributed by atoms with Gasteiger partial charge in [-0.1, -0.05) is 30.3 Å². The van der Waals surface area contributed by atoms with Gasteiger partial charge in [0, 0.05) is 42.6 Å². The van der Waals surface area contributed by atoms with E-state index >= 15 is 0 Å². The minimum absolute atomic E-state index is 0.172. The number of thiazole rings is 1. The normalized spacial score (nSPS) is 14.4. The lowest BCUT2D eigenvalue weighted by Crippen LogP contribution is -2.45. The Morgan fingerprint density at radius 1 is 1.11 bits per heavy atom. The molecule has 1 fully saturated rings. The molecular weight excluding hydrogens is 509 g/mol. The van der Waals surface area contributed by atoms with E-state index in [9.17, 15) is 22.8 Å². The van der Waals surface area contributed by atoms with Gasteiger partial charge in [0.1, 0.15) is 5.69 Å². The number of amides is 2. The number of hydrogen-bond acceptors (Lipinski definition) is 5. The number of nitrogens with zero attached hydrogens (tertiary/aromatic N) is 2. The number of hydrogen-bond donors (Lipinski definition) is 2. The Balaban J connectivity index is 1.44. The van der Waals surface area contributed by atoms with Crippen LogP contribution in [-0.4, -0.2) is 39.9 Å². The highest BCUT2D eigenvalue weighted by Crippen LogP contribution is 2.35. The van der Waals surface area contributed by atoms with Gasteiger partial charge in [0.2, 0.25) is 5.91 Å². The molecule has 2 amide bonds. The summed E-state index contributed by atoms with van der Waals surface area (Å²) in [4.78, 5) is 30.6. The van der Waals surface area contributed by atoms with Gasteiger partial charge in [-0.25, -0.2) is 4.98 Å². The van der Waals surface area contributed by atoms with E-state index in [0.29, 0.717) is 35.0 Å². The average molecular weight is 533 g/mol. The van der Waals surface area contributed by atoms with Gasteiger partial charge in [-0.05, 0) is 48.8 Å². The molecule has 0 aliphatic carbocycles. The highest BCUT2D eigenvalue weighted by molar-refractivity contribution is 7.80. The van der Waals surface area contributed by atoms with E-state index in [1.807, 2.05) is 4.90 Å². The fourth-order valence-electron chi connectivity index (χ4n) is 4.03. The molecule has 188 valence electrons. The van der Waals surface area contributed by atoms with Crippen LogP contribution in [0.1, 0.15) is 46.7 Å². The molecule has 1 aromatic heterocycles. The molecule has 2 N–H and O–H groups in total. The van der Waals surface area contributed by atoms with Crippen molar-refractivity contribution in [3.63, 3.8) is 0 Å². The van der Waals surface area contributed by atoms with Crippen LogP contribution in [0, 0.1) is 0 Å². The predicted molar refractivity (Wildman–Crippen MR) is 137 cm³/mol. The number of alkyl halides is 3. The first-order valence-electron chi connectivity index (χ1n) is 11.2. The van der Waals surface area contributed by atoms with Crippen LogP contribution < -0.4 is 10.6 Å². The second-order valence-electron chi connectivity index (χ2n) is 8.40.